The minimum Gasteiger partial charge on any atom is -0.478 e. The van der Waals surface area contributed by atoms with Gasteiger partial charge in [0.15, 0.2) is 0 Å². The van der Waals surface area contributed by atoms with Crippen molar-refractivity contribution in [3.05, 3.63) is 69.8 Å². The Morgan fingerprint density at radius 1 is 1.26 bits per heavy atom. The van der Waals surface area contributed by atoms with Gasteiger partial charge in [-0.2, -0.15) is 0 Å². The van der Waals surface area contributed by atoms with E-state index in [1.807, 2.05) is 37.3 Å². The van der Waals surface area contributed by atoms with Gasteiger partial charge in [0.05, 0.1) is 10.5 Å². The number of carboxylic acid groups (broad SMARTS) is 1. The Morgan fingerprint density at radius 3 is 2.57 bits per heavy atom. The number of rotatable bonds is 7. The second-order valence-corrected chi connectivity index (χ2v) is 5.36. The van der Waals surface area contributed by atoms with Crippen LogP contribution in [0.1, 0.15) is 29.3 Å². The van der Waals surface area contributed by atoms with Crippen LogP contribution in [0.5, 0.6) is 0 Å². The summed E-state index contributed by atoms with van der Waals surface area (Å²) < 4.78 is 0. The molecule has 6 nitrogen and oxygen atoms in total. The average molecular weight is 314 g/mol. The monoisotopic (exact) mass is 314 g/mol. The van der Waals surface area contributed by atoms with E-state index in [2.05, 4.69) is 5.32 Å². The fourth-order valence-corrected chi connectivity index (χ4v) is 2.30. The van der Waals surface area contributed by atoms with Crippen LogP contribution in [0.15, 0.2) is 48.5 Å². The Bertz CT molecular complexity index is 701. The zero-order valence-corrected chi connectivity index (χ0v) is 12.7. The van der Waals surface area contributed by atoms with Gasteiger partial charge < -0.3 is 10.4 Å². The Hall–Kier alpha value is -2.89. The van der Waals surface area contributed by atoms with E-state index in [-0.39, 0.29) is 17.3 Å². The molecular formula is C17H18N2O4. The number of carbonyl (C=O) groups is 1. The molecule has 1 unspecified atom stereocenters. The third-order valence-electron chi connectivity index (χ3n) is 3.55. The highest BCUT2D eigenvalue weighted by Crippen LogP contribution is 2.26. The largest absolute Gasteiger partial charge is 0.478 e. The molecular weight excluding hydrogens is 296 g/mol. The van der Waals surface area contributed by atoms with Gasteiger partial charge in [-0.15, -0.1) is 0 Å². The number of nitro benzene ring substituents is 1. The van der Waals surface area contributed by atoms with Gasteiger partial charge in [-0.05, 0) is 37.5 Å². The van der Waals surface area contributed by atoms with Crippen molar-refractivity contribution in [1.29, 1.82) is 0 Å². The normalized spacial score (nSPS) is 11.7. The van der Waals surface area contributed by atoms with Crippen molar-refractivity contribution >= 4 is 17.3 Å². The first kappa shape index (κ1) is 16.5. The van der Waals surface area contributed by atoms with Crippen molar-refractivity contribution in [3.63, 3.8) is 0 Å². The molecule has 2 aromatic rings. The van der Waals surface area contributed by atoms with Crippen molar-refractivity contribution < 1.29 is 14.8 Å². The Balaban J connectivity index is 2.06. The molecule has 0 fully saturated rings. The van der Waals surface area contributed by atoms with Crippen molar-refractivity contribution in [2.24, 2.45) is 0 Å². The first-order valence-corrected chi connectivity index (χ1v) is 7.29. The van der Waals surface area contributed by atoms with Crippen LogP contribution in [-0.4, -0.2) is 22.0 Å². The summed E-state index contributed by atoms with van der Waals surface area (Å²) >= 11 is 0. The summed E-state index contributed by atoms with van der Waals surface area (Å²) in [6, 6.07) is 13.9. The van der Waals surface area contributed by atoms with Crippen molar-refractivity contribution in [1.82, 2.24) is 0 Å². The number of aryl methyl sites for hydroxylation is 1. The zero-order chi connectivity index (χ0) is 16.8. The minimum absolute atomic E-state index is 0.0181. The lowest BCUT2D eigenvalue weighted by Gasteiger charge is -2.15. The Kier molecular flexibility index (Phi) is 5.30. The average Bonchev–Trinajstić information content (AvgIpc) is 2.54. The predicted octanol–water partition coefficient (Wildman–Crippen LogP) is 3.73. The maximum Gasteiger partial charge on any atom is 0.335 e. The molecule has 2 rings (SSSR count). The Labute approximate surface area is 133 Å². The number of nitrogens with one attached hydrogen (secondary N) is 1. The first-order chi connectivity index (χ1) is 11.0. The number of hydrogen-bond donors (Lipinski definition) is 2. The van der Waals surface area contributed by atoms with Gasteiger partial charge in [0.25, 0.3) is 5.69 Å². The molecule has 23 heavy (non-hydrogen) atoms. The van der Waals surface area contributed by atoms with Crippen LogP contribution in [0.25, 0.3) is 0 Å². The molecule has 120 valence electrons. The van der Waals surface area contributed by atoms with E-state index in [9.17, 15) is 14.9 Å². The fraction of sp³-hybridized carbons (Fsp3) is 0.235. The van der Waals surface area contributed by atoms with E-state index in [0.29, 0.717) is 5.69 Å². The van der Waals surface area contributed by atoms with E-state index in [0.717, 1.165) is 18.9 Å². The summed E-state index contributed by atoms with van der Waals surface area (Å²) in [5, 5.41) is 23.2. The van der Waals surface area contributed by atoms with Gasteiger partial charge in [-0.1, -0.05) is 30.3 Å². The summed E-state index contributed by atoms with van der Waals surface area (Å²) in [4.78, 5) is 21.5. The van der Waals surface area contributed by atoms with E-state index in [4.69, 9.17) is 5.11 Å². The highest BCUT2D eigenvalue weighted by atomic mass is 16.6. The molecule has 0 aliphatic rings. The Morgan fingerprint density at radius 2 is 1.96 bits per heavy atom. The number of benzene rings is 2. The topological polar surface area (TPSA) is 92.5 Å². The fourth-order valence-electron chi connectivity index (χ4n) is 2.30. The second kappa shape index (κ2) is 7.40. The molecule has 6 heteroatoms. The molecule has 1 atom stereocenters. The maximum atomic E-state index is 11.1. The molecule has 2 N–H and O–H groups in total. The lowest BCUT2D eigenvalue weighted by Crippen LogP contribution is -2.17. The predicted molar refractivity (Wildman–Crippen MR) is 87.9 cm³/mol. The molecule has 0 saturated heterocycles. The van der Waals surface area contributed by atoms with Gasteiger partial charge in [-0.25, -0.2) is 4.79 Å². The number of nitro groups is 1. The van der Waals surface area contributed by atoms with Crippen molar-refractivity contribution in [2.45, 2.75) is 25.8 Å². The minimum atomic E-state index is -1.18. The number of hydrogen-bond acceptors (Lipinski definition) is 4. The molecule has 0 heterocycles. The molecule has 0 aliphatic carbocycles. The van der Waals surface area contributed by atoms with Crippen LogP contribution >= 0.6 is 0 Å². The molecule has 0 bridgehead atoms. The summed E-state index contributed by atoms with van der Waals surface area (Å²) in [5.41, 5.74) is 1.22. The van der Waals surface area contributed by atoms with Crippen molar-refractivity contribution in [2.75, 3.05) is 5.32 Å². The summed E-state index contributed by atoms with van der Waals surface area (Å²) in [6.07, 6.45) is 1.66. The van der Waals surface area contributed by atoms with Crippen LogP contribution in [-0.2, 0) is 6.42 Å². The van der Waals surface area contributed by atoms with Gasteiger partial charge in [0.2, 0.25) is 0 Å². The molecule has 0 amide bonds. The van der Waals surface area contributed by atoms with Gasteiger partial charge in [0, 0.05) is 12.1 Å². The smallest absolute Gasteiger partial charge is 0.335 e. The molecule has 0 radical (unpaired) electrons. The molecule has 0 aromatic heterocycles. The summed E-state index contributed by atoms with van der Waals surface area (Å²) in [5.74, 6) is -1.18. The molecule has 0 aliphatic heterocycles. The third kappa shape index (κ3) is 4.54. The second-order valence-electron chi connectivity index (χ2n) is 5.36. The van der Waals surface area contributed by atoms with E-state index < -0.39 is 10.9 Å². The molecule has 0 spiro atoms. The van der Waals surface area contributed by atoms with E-state index in [1.54, 1.807) is 0 Å². The lowest BCUT2D eigenvalue weighted by molar-refractivity contribution is -0.384. The van der Waals surface area contributed by atoms with E-state index in [1.165, 1.54) is 17.7 Å². The highest BCUT2D eigenvalue weighted by Gasteiger charge is 2.18. The molecule has 0 saturated carbocycles. The number of nitrogens with zero attached hydrogens (tertiary/aromatic N) is 1. The molecule has 2 aromatic carbocycles. The van der Waals surface area contributed by atoms with E-state index >= 15 is 0 Å². The van der Waals surface area contributed by atoms with Crippen LogP contribution in [0, 0.1) is 10.1 Å². The maximum absolute atomic E-state index is 11.1. The zero-order valence-electron chi connectivity index (χ0n) is 12.7. The van der Waals surface area contributed by atoms with Gasteiger partial charge in [-0.3, -0.25) is 10.1 Å². The number of anilines is 1. The quantitative estimate of drug-likeness (QED) is 0.600. The highest BCUT2D eigenvalue weighted by molar-refractivity contribution is 5.89. The van der Waals surface area contributed by atoms with Crippen LogP contribution in [0.4, 0.5) is 11.4 Å². The van der Waals surface area contributed by atoms with Crippen LogP contribution in [0.3, 0.4) is 0 Å². The SMILES string of the molecule is CC(CCc1ccccc1)Nc1ccc(C(=O)O)cc1[N+](=O)[O-]. The third-order valence-corrected chi connectivity index (χ3v) is 3.55. The lowest BCUT2D eigenvalue weighted by atomic mass is 10.1. The summed E-state index contributed by atoms with van der Waals surface area (Å²) in [6.45, 7) is 1.94. The number of carboxylic acids is 1. The first-order valence-electron chi connectivity index (χ1n) is 7.29. The van der Waals surface area contributed by atoms with Crippen LogP contribution < -0.4 is 5.32 Å². The number of aromatic carboxylic acids is 1. The van der Waals surface area contributed by atoms with Crippen LogP contribution in [0.2, 0.25) is 0 Å². The van der Waals surface area contributed by atoms with Gasteiger partial charge in [0.1, 0.15) is 5.69 Å². The van der Waals surface area contributed by atoms with Crippen molar-refractivity contribution in [3.8, 4) is 0 Å². The van der Waals surface area contributed by atoms with Gasteiger partial charge >= 0.3 is 5.97 Å². The summed E-state index contributed by atoms with van der Waals surface area (Å²) in [7, 11) is 0. The standard InChI is InChI=1S/C17H18N2O4/c1-12(7-8-13-5-3-2-4-6-13)18-15-10-9-14(17(20)21)11-16(15)19(22)23/h2-6,9-12,18H,7-8H2,1H3,(H,20,21).